The average Bonchev–Trinajstić information content (AvgIpc) is 2.41. The number of halogens is 1. The van der Waals surface area contributed by atoms with E-state index in [-0.39, 0.29) is 11.8 Å². The van der Waals surface area contributed by atoms with Gasteiger partial charge in [-0.15, -0.1) is 0 Å². The molecular formula is C17H23ClO2. The van der Waals surface area contributed by atoms with Crippen LogP contribution in [0, 0.1) is 23.7 Å². The Kier molecular flexibility index (Phi) is 5.09. The van der Waals surface area contributed by atoms with Crippen molar-refractivity contribution in [2.75, 3.05) is 0 Å². The van der Waals surface area contributed by atoms with Gasteiger partial charge in [-0.25, -0.2) is 0 Å². The highest BCUT2D eigenvalue weighted by Gasteiger charge is 2.36. The van der Waals surface area contributed by atoms with Crippen molar-refractivity contribution in [1.29, 1.82) is 0 Å². The van der Waals surface area contributed by atoms with Crippen molar-refractivity contribution in [3.05, 3.63) is 34.9 Å². The van der Waals surface area contributed by atoms with Gasteiger partial charge in [0.05, 0.1) is 5.92 Å². The molecule has 1 aromatic carbocycles. The summed E-state index contributed by atoms with van der Waals surface area (Å²) in [6.07, 6.45) is 3.61. The van der Waals surface area contributed by atoms with Crippen LogP contribution in [-0.4, -0.2) is 11.1 Å². The highest BCUT2D eigenvalue weighted by Crippen LogP contribution is 2.40. The van der Waals surface area contributed by atoms with Gasteiger partial charge in [0, 0.05) is 5.02 Å². The maximum Gasteiger partial charge on any atom is 0.306 e. The number of hydrogen-bond donors (Lipinski definition) is 1. The second-order valence-electron chi connectivity index (χ2n) is 6.32. The van der Waals surface area contributed by atoms with Crippen molar-refractivity contribution in [3.8, 4) is 0 Å². The minimum absolute atomic E-state index is 0.202. The summed E-state index contributed by atoms with van der Waals surface area (Å²) in [6, 6.07) is 7.79. The van der Waals surface area contributed by atoms with Gasteiger partial charge >= 0.3 is 5.97 Å². The van der Waals surface area contributed by atoms with Crippen molar-refractivity contribution in [2.45, 2.75) is 39.5 Å². The molecule has 0 aliphatic heterocycles. The first-order valence-corrected chi connectivity index (χ1v) is 7.83. The largest absolute Gasteiger partial charge is 0.481 e. The lowest BCUT2D eigenvalue weighted by Gasteiger charge is -2.36. The van der Waals surface area contributed by atoms with Crippen LogP contribution in [0.1, 0.15) is 38.7 Å². The fourth-order valence-corrected chi connectivity index (χ4v) is 3.62. The van der Waals surface area contributed by atoms with E-state index in [9.17, 15) is 9.90 Å². The Morgan fingerprint density at radius 2 is 2.05 bits per heavy atom. The number of rotatable bonds is 4. The van der Waals surface area contributed by atoms with Crippen LogP contribution < -0.4 is 0 Å². The standard InChI is InChI=1S/C17H23ClO2/c1-11(2)12-7-8-15(17(19)20)14(9-12)10-13-5-3-4-6-16(13)18/h3-6,11-12,14-15H,7-10H2,1-2H3,(H,19,20). The van der Waals surface area contributed by atoms with Gasteiger partial charge in [0.15, 0.2) is 0 Å². The van der Waals surface area contributed by atoms with E-state index in [4.69, 9.17) is 11.6 Å². The minimum atomic E-state index is -0.649. The fourth-order valence-electron chi connectivity index (χ4n) is 3.40. The molecule has 20 heavy (non-hydrogen) atoms. The summed E-state index contributed by atoms with van der Waals surface area (Å²) in [7, 11) is 0. The Balaban J connectivity index is 2.15. The van der Waals surface area contributed by atoms with E-state index in [2.05, 4.69) is 13.8 Å². The van der Waals surface area contributed by atoms with Gasteiger partial charge in [0.25, 0.3) is 0 Å². The normalized spacial score (nSPS) is 26.7. The molecule has 110 valence electrons. The SMILES string of the molecule is CC(C)C1CCC(C(=O)O)C(Cc2ccccc2Cl)C1. The summed E-state index contributed by atoms with van der Waals surface area (Å²) in [6.45, 7) is 4.47. The lowest BCUT2D eigenvalue weighted by molar-refractivity contribution is -0.145. The molecule has 0 bridgehead atoms. The van der Waals surface area contributed by atoms with E-state index in [1.54, 1.807) is 0 Å². The van der Waals surface area contributed by atoms with Crippen LogP contribution in [-0.2, 0) is 11.2 Å². The summed E-state index contributed by atoms with van der Waals surface area (Å²) in [5.74, 6) is 0.593. The molecule has 1 aliphatic carbocycles. The third kappa shape index (κ3) is 3.54. The molecule has 3 atom stereocenters. The van der Waals surface area contributed by atoms with Gasteiger partial charge in [0.2, 0.25) is 0 Å². The molecule has 0 heterocycles. The maximum atomic E-state index is 11.5. The van der Waals surface area contributed by atoms with Crippen molar-refractivity contribution >= 4 is 17.6 Å². The zero-order valence-corrected chi connectivity index (χ0v) is 12.9. The van der Waals surface area contributed by atoms with Crippen molar-refractivity contribution < 1.29 is 9.90 Å². The Morgan fingerprint density at radius 1 is 1.35 bits per heavy atom. The Morgan fingerprint density at radius 3 is 2.65 bits per heavy atom. The molecule has 3 heteroatoms. The van der Waals surface area contributed by atoms with Gasteiger partial charge in [-0.3, -0.25) is 4.79 Å². The third-order valence-corrected chi connectivity index (χ3v) is 5.09. The Hall–Kier alpha value is -1.02. The molecule has 2 rings (SSSR count). The van der Waals surface area contributed by atoms with E-state index in [1.165, 1.54) is 0 Å². The molecule has 1 saturated carbocycles. The molecule has 0 spiro atoms. The Bertz CT molecular complexity index is 470. The average molecular weight is 295 g/mol. The summed E-state index contributed by atoms with van der Waals surface area (Å²) in [4.78, 5) is 11.5. The second-order valence-corrected chi connectivity index (χ2v) is 6.72. The van der Waals surface area contributed by atoms with E-state index in [0.29, 0.717) is 11.8 Å². The predicted molar refractivity (Wildman–Crippen MR) is 82.0 cm³/mol. The maximum absolute atomic E-state index is 11.5. The highest BCUT2D eigenvalue weighted by molar-refractivity contribution is 6.31. The molecule has 1 N–H and O–H groups in total. The summed E-state index contributed by atoms with van der Waals surface area (Å²) in [5.41, 5.74) is 1.08. The topological polar surface area (TPSA) is 37.3 Å². The molecule has 3 unspecified atom stereocenters. The van der Waals surface area contributed by atoms with Gasteiger partial charge in [0.1, 0.15) is 0 Å². The van der Waals surface area contributed by atoms with Crippen LogP contribution in [0.15, 0.2) is 24.3 Å². The minimum Gasteiger partial charge on any atom is -0.481 e. The predicted octanol–water partition coefficient (Wildman–Crippen LogP) is 4.66. The van der Waals surface area contributed by atoms with Crippen LogP contribution in [0.4, 0.5) is 0 Å². The summed E-state index contributed by atoms with van der Waals surface area (Å²) in [5, 5.41) is 10.2. The monoisotopic (exact) mass is 294 g/mol. The van der Waals surface area contributed by atoms with E-state index in [1.807, 2.05) is 24.3 Å². The highest BCUT2D eigenvalue weighted by atomic mass is 35.5. The third-order valence-electron chi connectivity index (χ3n) is 4.72. The fraction of sp³-hybridized carbons (Fsp3) is 0.588. The van der Waals surface area contributed by atoms with Crippen molar-refractivity contribution in [1.82, 2.24) is 0 Å². The van der Waals surface area contributed by atoms with Gasteiger partial charge in [-0.05, 0) is 55.1 Å². The van der Waals surface area contributed by atoms with E-state index < -0.39 is 5.97 Å². The number of carbonyl (C=O) groups is 1. The van der Waals surface area contributed by atoms with Crippen molar-refractivity contribution in [2.24, 2.45) is 23.7 Å². The zero-order chi connectivity index (χ0) is 14.7. The van der Waals surface area contributed by atoms with E-state index >= 15 is 0 Å². The number of carboxylic acids is 1. The van der Waals surface area contributed by atoms with E-state index in [0.717, 1.165) is 36.3 Å². The molecule has 1 aliphatic rings. The number of carboxylic acid groups (broad SMARTS) is 1. The molecule has 0 saturated heterocycles. The summed E-state index contributed by atoms with van der Waals surface area (Å²) >= 11 is 6.22. The van der Waals surface area contributed by atoms with Crippen LogP contribution >= 0.6 is 11.6 Å². The lowest BCUT2D eigenvalue weighted by Crippen LogP contribution is -2.33. The van der Waals surface area contributed by atoms with Crippen molar-refractivity contribution in [3.63, 3.8) is 0 Å². The zero-order valence-electron chi connectivity index (χ0n) is 12.2. The molecule has 2 nitrogen and oxygen atoms in total. The van der Waals surface area contributed by atoms with Crippen LogP contribution in [0.5, 0.6) is 0 Å². The Labute approximate surface area is 126 Å². The molecule has 0 aromatic heterocycles. The summed E-state index contributed by atoms with van der Waals surface area (Å²) < 4.78 is 0. The first-order chi connectivity index (χ1) is 9.49. The molecular weight excluding hydrogens is 272 g/mol. The van der Waals surface area contributed by atoms with Crippen LogP contribution in [0.2, 0.25) is 5.02 Å². The first kappa shape index (κ1) is 15.4. The lowest BCUT2D eigenvalue weighted by atomic mass is 9.69. The second kappa shape index (κ2) is 6.62. The smallest absolute Gasteiger partial charge is 0.306 e. The van der Waals surface area contributed by atoms with Crippen LogP contribution in [0.3, 0.4) is 0 Å². The molecule has 0 radical (unpaired) electrons. The van der Waals surface area contributed by atoms with Gasteiger partial charge < -0.3 is 5.11 Å². The van der Waals surface area contributed by atoms with Crippen LogP contribution in [0.25, 0.3) is 0 Å². The first-order valence-electron chi connectivity index (χ1n) is 7.45. The quantitative estimate of drug-likeness (QED) is 0.877. The number of aliphatic carboxylic acids is 1. The molecule has 1 aromatic rings. The molecule has 1 fully saturated rings. The van der Waals surface area contributed by atoms with Gasteiger partial charge in [-0.1, -0.05) is 43.6 Å². The molecule has 0 amide bonds. The number of benzene rings is 1. The number of hydrogen-bond acceptors (Lipinski definition) is 1. The van der Waals surface area contributed by atoms with Gasteiger partial charge in [-0.2, -0.15) is 0 Å².